The summed E-state index contributed by atoms with van der Waals surface area (Å²) in [5.74, 6) is 0. The summed E-state index contributed by atoms with van der Waals surface area (Å²) in [4.78, 5) is 11.7. The Bertz CT molecular complexity index is 524. The summed E-state index contributed by atoms with van der Waals surface area (Å²) in [5, 5.41) is 5.79. The van der Waals surface area contributed by atoms with E-state index in [2.05, 4.69) is 53.0 Å². The van der Waals surface area contributed by atoms with Gasteiger partial charge in [0.15, 0.2) is 0 Å². The van der Waals surface area contributed by atoms with Gasteiger partial charge in [-0.2, -0.15) is 0 Å². The lowest BCUT2D eigenvalue weighted by Crippen LogP contribution is -2.36. The van der Waals surface area contributed by atoms with Crippen LogP contribution in [0.25, 0.3) is 0 Å². The van der Waals surface area contributed by atoms with E-state index in [-0.39, 0.29) is 6.03 Å². The maximum Gasteiger partial charge on any atom is 0.314 e. The molecule has 0 aliphatic carbocycles. The lowest BCUT2D eigenvalue weighted by molar-refractivity contribution is 0.240. The van der Waals surface area contributed by atoms with Crippen molar-refractivity contribution in [1.29, 1.82) is 0 Å². The normalized spacial score (nSPS) is 10.2. The van der Waals surface area contributed by atoms with Gasteiger partial charge in [-0.3, -0.25) is 0 Å². The molecule has 5 heteroatoms. The topological polar surface area (TPSA) is 93.2 Å². The molecule has 0 fully saturated rings. The van der Waals surface area contributed by atoms with Crippen LogP contribution in [-0.2, 0) is 6.42 Å². The summed E-state index contributed by atoms with van der Waals surface area (Å²) in [6.45, 7) is 7.07. The zero-order chi connectivity index (χ0) is 20.8. The summed E-state index contributed by atoms with van der Waals surface area (Å²) >= 11 is 0. The van der Waals surface area contributed by atoms with Crippen LogP contribution in [0.5, 0.6) is 0 Å². The number of amides is 2. The fourth-order valence-corrected chi connectivity index (χ4v) is 2.21. The summed E-state index contributed by atoms with van der Waals surface area (Å²) < 4.78 is 0. The molecule has 5 nitrogen and oxygen atoms in total. The van der Waals surface area contributed by atoms with E-state index >= 15 is 0 Å². The van der Waals surface area contributed by atoms with Crippen LogP contribution in [0.1, 0.15) is 31.7 Å². The number of nitrogens with one attached hydrogen (secondary N) is 2. The fraction of sp³-hybridized carbons (Fsp3) is 0.409. The van der Waals surface area contributed by atoms with Crippen molar-refractivity contribution in [2.75, 3.05) is 27.2 Å². The van der Waals surface area contributed by atoms with Crippen molar-refractivity contribution < 1.29 is 4.79 Å². The molecule has 0 bridgehead atoms. The van der Waals surface area contributed by atoms with Gasteiger partial charge < -0.3 is 22.1 Å². The Labute approximate surface area is 165 Å². The van der Waals surface area contributed by atoms with Crippen molar-refractivity contribution in [3.8, 4) is 0 Å². The van der Waals surface area contributed by atoms with Crippen molar-refractivity contribution in [1.82, 2.24) is 10.6 Å². The molecule has 0 saturated carbocycles. The van der Waals surface area contributed by atoms with E-state index in [0.29, 0.717) is 13.1 Å². The maximum atomic E-state index is 11.7. The minimum Gasteiger partial charge on any atom is -0.338 e. The third-order valence-electron chi connectivity index (χ3n) is 3.52. The van der Waals surface area contributed by atoms with Crippen LogP contribution in [0.2, 0.25) is 0 Å². The lowest BCUT2D eigenvalue weighted by atomic mass is 10.1. The molecule has 2 amide bonds. The average molecular weight is 375 g/mol. The molecule has 27 heavy (non-hydrogen) atoms. The Balaban J connectivity index is 0. The molecule has 152 valence electrons. The first-order valence-corrected chi connectivity index (χ1v) is 9.41. The zero-order valence-corrected chi connectivity index (χ0v) is 17.2. The summed E-state index contributed by atoms with van der Waals surface area (Å²) in [6.07, 6.45) is 11.7. The minimum absolute atomic E-state index is 0.0817. The van der Waals surface area contributed by atoms with Gasteiger partial charge in [-0.15, -0.1) is 0 Å². The van der Waals surface area contributed by atoms with Crippen LogP contribution in [0.4, 0.5) is 4.79 Å². The first kappa shape index (κ1) is 26.9. The van der Waals surface area contributed by atoms with E-state index in [0.717, 1.165) is 25.7 Å². The monoisotopic (exact) mass is 374 g/mol. The Morgan fingerprint density at radius 3 is 2.19 bits per heavy atom. The van der Waals surface area contributed by atoms with Crippen molar-refractivity contribution >= 4 is 6.03 Å². The highest BCUT2D eigenvalue weighted by Gasteiger charge is 1.99. The van der Waals surface area contributed by atoms with Gasteiger partial charge in [0.2, 0.25) is 0 Å². The number of carbonyl (C=O) groups excluding carboxylic acids is 1. The van der Waals surface area contributed by atoms with Gasteiger partial charge >= 0.3 is 6.03 Å². The van der Waals surface area contributed by atoms with Gasteiger partial charge in [-0.05, 0) is 52.3 Å². The molecule has 0 radical (unpaired) electrons. The number of allylic oxidation sites excluding steroid dienone is 5. The van der Waals surface area contributed by atoms with Gasteiger partial charge in [-0.25, -0.2) is 4.79 Å². The van der Waals surface area contributed by atoms with Crippen molar-refractivity contribution in [3.63, 3.8) is 0 Å². The predicted molar refractivity (Wildman–Crippen MR) is 119 cm³/mol. The van der Waals surface area contributed by atoms with Gasteiger partial charge in [0.1, 0.15) is 0 Å². The van der Waals surface area contributed by atoms with Crippen LogP contribution in [-0.4, -0.2) is 33.2 Å². The molecule has 0 aliphatic heterocycles. The van der Waals surface area contributed by atoms with Crippen LogP contribution in [0.15, 0.2) is 66.8 Å². The standard InChI is InChI=1S/C20H28N2O.2CH5N/c1-3-5-11-18(4-2)14-9-16-21-20(23)22-17-10-15-19-12-7-6-8-13-19;2*1-2/h3-8,11-13H,1,9-10,14-17H2,2H3,(H2,21,22,23);2*2H2,1H3/b11-5-,18-4+;;. The average Bonchev–Trinajstić information content (AvgIpc) is 2.74. The zero-order valence-electron chi connectivity index (χ0n) is 17.2. The van der Waals surface area contributed by atoms with Crippen LogP contribution in [0.3, 0.4) is 0 Å². The number of hydrogen-bond donors (Lipinski definition) is 4. The molecule has 0 heterocycles. The van der Waals surface area contributed by atoms with E-state index in [1.807, 2.05) is 31.2 Å². The van der Waals surface area contributed by atoms with Crippen LogP contribution < -0.4 is 22.1 Å². The molecule has 6 N–H and O–H groups in total. The molecule has 0 unspecified atom stereocenters. The number of nitrogens with two attached hydrogens (primary N) is 2. The highest BCUT2D eigenvalue weighted by molar-refractivity contribution is 5.73. The van der Waals surface area contributed by atoms with E-state index in [9.17, 15) is 4.79 Å². The summed E-state index contributed by atoms with van der Waals surface area (Å²) in [6, 6.07) is 10.2. The Morgan fingerprint density at radius 1 is 1.04 bits per heavy atom. The number of benzene rings is 1. The molecule has 0 atom stereocenters. The third-order valence-corrected chi connectivity index (χ3v) is 3.52. The minimum atomic E-state index is -0.0817. The third kappa shape index (κ3) is 16.8. The van der Waals surface area contributed by atoms with Crippen molar-refractivity contribution in [2.24, 2.45) is 11.5 Å². The molecular formula is C22H38N4O. The Hall–Kier alpha value is -2.37. The SMILES string of the molecule is C=C/C=C\C(=C/C)CCCNC(=O)NCCCc1ccccc1.CN.CN. The van der Waals surface area contributed by atoms with Crippen LogP contribution >= 0.6 is 0 Å². The number of hydrogen-bond acceptors (Lipinski definition) is 3. The predicted octanol–water partition coefficient (Wildman–Crippen LogP) is 3.54. The highest BCUT2D eigenvalue weighted by atomic mass is 16.2. The lowest BCUT2D eigenvalue weighted by Gasteiger charge is -2.08. The van der Waals surface area contributed by atoms with Gasteiger partial charge in [0.25, 0.3) is 0 Å². The highest BCUT2D eigenvalue weighted by Crippen LogP contribution is 2.06. The first-order valence-electron chi connectivity index (χ1n) is 9.41. The second kappa shape index (κ2) is 21.7. The quantitative estimate of drug-likeness (QED) is 0.373. The van der Waals surface area contributed by atoms with Crippen molar-refractivity contribution in [3.05, 3.63) is 72.4 Å². The molecule has 0 spiro atoms. The van der Waals surface area contributed by atoms with E-state index in [4.69, 9.17) is 0 Å². The fourth-order valence-electron chi connectivity index (χ4n) is 2.21. The van der Waals surface area contributed by atoms with E-state index in [1.165, 1.54) is 25.2 Å². The second-order valence-corrected chi connectivity index (χ2v) is 5.33. The molecule has 0 aromatic heterocycles. The molecule has 1 aromatic carbocycles. The van der Waals surface area contributed by atoms with Crippen molar-refractivity contribution in [2.45, 2.75) is 32.6 Å². The molecule has 0 saturated heterocycles. The number of rotatable bonds is 10. The summed E-state index contributed by atoms with van der Waals surface area (Å²) in [7, 11) is 3.00. The summed E-state index contributed by atoms with van der Waals surface area (Å²) in [5.41, 5.74) is 11.6. The maximum absolute atomic E-state index is 11.7. The molecule has 1 aromatic rings. The molecule has 0 aliphatic rings. The van der Waals surface area contributed by atoms with Crippen LogP contribution in [0, 0.1) is 0 Å². The second-order valence-electron chi connectivity index (χ2n) is 5.33. The smallest absolute Gasteiger partial charge is 0.314 e. The molecule has 1 rings (SSSR count). The molecular weight excluding hydrogens is 336 g/mol. The number of urea groups is 1. The first-order chi connectivity index (χ1) is 13.3. The Morgan fingerprint density at radius 2 is 1.63 bits per heavy atom. The van der Waals surface area contributed by atoms with E-state index in [1.54, 1.807) is 6.08 Å². The van der Waals surface area contributed by atoms with Gasteiger partial charge in [0, 0.05) is 13.1 Å². The number of carbonyl (C=O) groups is 1. The van der Waals surface area contributed by atoms with Gasteiger partial charge in [-0.1, -0.05) is 66.8 Å². The largest absolute Gasteiger partial charge is 0.338 e. The number of aryl methyl sites for hydroxylation is 1. The van der Waals surface area contributed by atoms with E-state index < -0.39 is 0 Å². The Kier molecular flexibility index (Phi) is 21.6. The van der Waals surface area contributed by atoms with Gasteiger partial charge in [0.05, 0.1) is 0 Å².